The molecule has 4 nitrogen and oxygen atoms in total. The molecule has 0 saturated carbocycles. The highest BCUT2D eigenvalue weighted by Crippen LogP contribution is 2.01. The van der Waals surface area contributed by atoms with Crippen LogP contribution in [0.15, 0.2) is 18.5 Å². The number of hydrogen-bond donors (Lipinski definition) is 2. The molecule has 102 valence electrons. The molecule has 1 heterocycles. The molecule has 0 bridgehead atoms. The number of nitrogens with one attached hydrogen (secondary N) is 2. The standard InChI is InChI=1S/C14H25N3O/c1-4-15-9-13-6-8-17(10-13)11-14(18)16-7-5-12(2)3/h6,8,10,12,15H,4-5,7,9,11H2,1-3H3,(H,16,18). The van der Waals surface area contributed by atoms with Crippen molar-refractivity contribution in [2.24, 2.45) is 5.92 Å². The van der Waals surface area contributed by atoms with Crippen molar-refractivity contribution in [2.75, 3.05) is 13.1 Å². The van der Waals surface area contributed by atoms with E-state index in [0.29, 0.717) is 12.5 Å². The fourth-order valence-corrected chi connectivity index (χ4v) is 1.68. The molecule has 0 aliphatic heterocycles. The summed E-state index contributed by atoms with van der Waals surface area (Å²) in [6.45, 7) is 9.39. The van der Waals surface area contributed by atoms with Gasteiger partial charge in [-0.05, 0) is 30.5 Å². The van der Waals surface area contributed by atoms with E-state index in [4.69, 9.17) is 0 Å². The van der Waals surface area contributed by atoms with Crippen molar-refractivity contribution in [1.29, 1.82) is 0 Å². The monoisotopic (exact) mass is 251 g/mol. The molecule has 0 saturated heterocycles. The second-order valence-electron chi connectivity index (χ2n) is 5.00. The summed E-state index contributed by atoms with van der Waals surface area (Å²) in [7, 11) is 0. The van der Waals surface area contributed by atoms with E-state index in [1.54, 1.807) is 0 Å². The SMILES string of the molecule is CCNCc1ccn(CC(=O)NCCC(C)C)c1. The molecule has 1 aromatic heterocycles. The Balaban J connectivity index is 2.28. The van der Waals surface area contributed by atoms with Gasteiger partial charge in [0, 0.05) is 25.5 Å². The normalized spacial score (nSPS) is 10.9. The van der Waals surface area contributed by atoms with Crippen LogP contribution in [0.4, 0.5) is 0 Å². The Bertz CT molecular complexity index is 358. The Hall–Kier alpha value is -1.29. The molecule has 0 spiro atoms. The molecule has 4 heteroatoms. The number of carbonyl (C=O) groups is 1. The van der Waals surface area contributed by atoms with Gasteiger partial charge in [-0.15, -0.1) is 0 Å². The predicted octanol–water partition coefficient (Wildman–Crippen LogP) is 1.76. The van der Waals surface area contributed by atoms with Gasteiger partial charge in [-0.1, -0.05) is 20.8 Å². The Kier molecular flexibility index (Phi) is 6.50. The third-order valence-corrected chi connectivity index (χ3v) is 2.76. The lowest BCUT2D eigenvalue weighted by Gasteiger charge is -2.07. The minimum absolute atomic E-state index is 0.0845. The first kappa shape index (κ1) is 14.8. The molecule has 0 aliphatic carbocycles. The summed E-state index contributed by atoms with van der Waals surface area (Å²) >= 11 is 0. The van der Waals surface area contributed by atoms with Gasteiger partial charge in [0.15, 0.2) is 0 Å². The highest BCUT2D eigenvalue weighted by Gasteiger charge is 2.03. The maximum Gasteiger partial charge on any atom is 0.239 e. The second kappa shape index (κ2) is 7.93. The van der Waals surface area contributed by atoms with Crippen LogP contribution in [0, 0.1) is 5.92 Å². The minimum atomic E-state index is 0.0845. The number of carbonyl (C=O) groups excluding carboxylic acids is 1. The molecule has 0 radical (unpaired) electrons. The molecular formula is C14H25N3O. The van der Waals surface area contributed by atoms with Crippen LogP contribution < -0.4 is 10.6 Å². The molecule has 18 heavy (non-hydrogen) atoms. The number of amides is 1. The van der Waals surface area contributed by atoms with Crippen LogP contribution in [-0.4, -0.2) is 23.6 Å². The maximum atomic E-state index is 11.7. The predicted molar refractivity (Wildman–Crippen MR) is 74.3 cm³/mol. The van der Waals surface area contributed by atoms with E-state index in [1.807, 2.05) is 23.0 Å². The average molecular weight is 251 g/mol. The zero-order chi connectivity index (χ0) is 13.4. The van der Waals surface area contributed by atoms with Gasteiger partial charge in [0.05, 0.1) is 0 Å². The van der Waals surface area contributed by atoms with Crippen LogP contribution in [0.2, 0.25) is 0 Å². The quantitative estimate of drug-likeness (QED) is 0.739. The van der Waals surface area contributed by atoms with Gasteiger partial charge in [0.1, 0.15) is 6.54 Å². The van der Waals surface area contributed by atoms with Crippen LogP contribution in [-0.2, 0) is 17.9 Å². The third kappa shape index (κ3) is 5.87. The van der Waals surface area contributed by atoms with Gasteiger partial charge in [-0.2, -0.15) is 0 Å². The first-order valence-corrected chi connectivity index (χ1v) is 6.74. The summed E-state index contributed by atoms with van der Waals surface area (Å²) in [6.07, 6.45) is 5.00. The molecule has 1 rings (SSSR count). The van der Waals surface area contributed by atoms with E-state index in [0.717, 1.165) is 26.1 Å². The molecule has 1 aromatic rings. The molecule has 0 atom stereocenters. The van der Waals surface area contributed by atoms with Crippen molar-refractivity contribution >= 4 is 5.91 Å². The fourth-order valence-electron chi connectivity index (χ4n) is 1.68. The number of aromatic nitrogens is 1. The number of hydrogen-bond acceptors (Lipinski definition) is 2. The van der Waals surface area contributed by atoms with Crippen LogP contribution in [0.3, 0.4) is 0 Å². The Labute approximate surface area is 110 Å². The number of nitrogens with zero attached hydrogens (tertiary/aromatic N) is 1. The highest BCUT2D eigenvalue weighted by atomic mass is 16.1. The Morgan fingerprint density at radius 1 is 1.44 bits per heavy atom. The lowest BCUT2D eigenvalue weighted by molar-refractivity contribution is -0.121. The van der Waals surface area contributed by atoms with E-state index in [9.17, 15) is 4.79 Å². The lowest BCUT2D eigenvalue weighted by Crippen LogP contribution is -2.28. The van der Waals surface area contributed by atoms with E-state index >= 15 is 0 Å². The lowest BCUT2D eigenvalue weighted by atomic mass is 10.1. The number of rotatable bonds is 8. The maximum absolute atomic E-state index is 11.7. The van der Waals surface area contributed by atoms with Crippen molar-refractivity contribution in [1.82, 2.24) is 15.2 Å². The summed E-state index contributed by atoms with van der Waals surface area (Å²) in [5.74, 6) is 0.713. The first-order valence-electron chi connectivity index (χ1n) is 6.74. The van der Waals surface area contributed by atoms with Gasteiger partial charge < -0.3 is 15.2 Å². The van der Waals surface area contributed by atoms with Crippen LogP contribution >= 0.6 is 0 Å². The third-order valence-electron chi connectivity index (χ3n) is 2.76. The molecule has 0 unspecified atom stereocenters. The van der Waals surface area contributed by atoms with Crippen molar-refractivity contribution in [3.05, 3.63) is 24.0 Å². The summed E-state index contributed by atoms with van der Waals surface area (Å²) < 4.78 is 1.93. The van der Waals surface area contributed by atoms with Gasteiger partial charge >= 0.3 is 0 Å². The van der Waals surface area contributed by atoms with Crippen molar-refractivity contribution in [2.45, 2.75) is 40.3 Å². The molecule has 1 amide bonds. The van der Waals surface area contributed by atoms with Crippen molar-refractivity contribution in [3.8, 4) is 0 Å². The van der Waals surface area contributed by atoms with Gasteiger partial charge in [-0.3, -0.25) is 4.79 Å². The Morgan fingerprint density at radius 2 is 2.22 bits per heavy atom. The zero-order valence-electron chi connectivity index (χ0n) is 11.7. The highest BCUT2D eigenvalue weighted by molar-refractivity contribution is 5.75. The van der Waals surface area contributed by atoms with Crippen molar-refractivity contribution < 1.29 is 4.79 Å². The molecule has 2 N–H and O–H groups in total. The van der Waals surface area contributed by atoms with Crippen molar-refractivity contribution in [3.63, 3.8) is 0 Å². The largest absolute Gasteiger partial charge is 0.355 e. The van der Waals surface area contributed by atoms with Gasteiger partial charge in [0.2, 0.25) is 5.91 Å². The van der Waals surface area contributed by atoms with Crippen LogP contribution in [0.1, 0.15) is 32.8 Å². The van der Waals surface area contributed by atoms with E-state index in [1.165, 1.54) is 5.56 Å². The zero-order valence-corrected chi connectivity index (χ0v) is 11.7. The average Bonchev–Trinajstić information content (AvgIpc) is 2.73. The molecule has 0 fully saturated rings. The van der Waals surface area contributed by atoms with E-state index < -0.39 is 0 Å². The summed E-state index contributed by atoms with van der Waals surface area (Å²) in [5.41, 5.74) is 1.21. The summed E-state index contributed by atoms with van der Waals surface area (Å²) in [5, 5.41) is 6.20. The van der Waals surface area contributed by atoms with E-state index in [-0.39, 0.29) is 5.91 Å². The topological polar surface area (TPSA) is 46.1 Å². The van der Waals surface area contributed by atoms with Crippen LogP contribution in [0.5, 0.6) is 0 Å². The second-order valence-corrected chi connectivity index (χ2v) is 5.00. The van der Waals surface area contributed by atoms with E-state index in [2.05, 4.69) is 31.4 Å². The Morgan fingerprint density at radius 3 is 2.89 bits per heavy atom. The summed E-state index contributed by atoms with van der Waals surface area (Å²) in [6, 6.07) is 2.05. The first-order chi connectivity index (χ1) is 8.61. The minimum Gasteiger partial charge on any atom is -0.355 e. The van der Waals surface area contributed by atoms with Crippen LogP contribution in [0.25, 0.3) is 0 Å². The smallest absolute Gasteiger partial charge is 0.239 e. The molecular weight excluding hydrogens is 226 g/mol. The molecule has 0 aromatic carbocycles. The summed E-state index contributed by atoms with van der Waals surface area (Å²) in [4.78, 5) is 11.7. The molecule has 0 aliphatic rings. The van der Waals surface area contributed by atoms with Gasteiger partial charge in [0.25, 0.3) is 0 Å². The van der Waals surface area contributed by atoms with Gasteiger partial charge in [-0.25, -0.2) is 0 Å². The fraction of sp³-hybridized carbons (Fsp3) is 0.643.